The van der Waals surface area contributed by atoms with Gasteiger partial charge >= 0.3 is 0 Å². The van der Waals surface area contributed by atoms with Gasteiger partial charge in [-0.3, -0.25) is 9.78 Å². The van der Waals surface area contributed by atoms with Crippen molar-refractivity contribution >= 4 is 10.9 Å². The largest absolute Gasteiger partial charge is 0.278 e. The molecule has 4 aromatic rings. The molecule has 0 spiro atoms. The lowest BCUT2D eigenvalue weighted by molar-refractivity contribution is 0.532. The second kappa shape index (κ2) is 5.60. The summed E-state index contributed by atoms with van der Waals surface area (Å²) in [5.41, 5.74) is 6.27. The summed E-state index contributed by atoms with van der Waals surface area (Å²) in [5.74, 6) is 0. The smallest absolute Gasteiger partial charge is 0.0743 e. The van der Waals surface area contributed by atoms with Crippen molar-refractivity contribution in [1.82, 2.24) is 25.0 Å². The molecule has 3 aromatic heterocycles. The number of rotatable bonds is 3. The van der Waals surface area contributed by atoms with Crippen LogP contribution in [0.5, 0.6) is 0 Å². The maximum Gasteiger partial charge on any atom is 0.0743 e. The summed E-state index contributed by atoms with van der Waals surface area (Å²) in [6.07, 6.45) is 5.69. The first-order chi connectivity index (χ1) is 11.6. The fraction of sp³-hybridized carbons (Fsp3) is 0.211. The van der Waals surface area contributed by atoms with Crippen LogP contribution in [-0.4, -0.2) is 25.0 Å². The fourth-order valence-corrected chi connectivity index (χ4v) is 2.89. The number of hydrogen-bond acceptors (Lipinski definition) is 3. The van der Waals surface area contributed by atoms with Gasteiger partial charge in [-0.1, -0.05) is 12.1 Å². The maximum absolute atomic E-state index is 4.86. The zero-order valence-electron chi connectivity index (χ0n) is 14.0. The van der Waals surface area contributed by atoms with Crippen molar-refractivity contribution in [1.29, 1.82) is 0 Å². The first kappa shape index (κ1) is 14.6. The van der Waals surface area contributed by atoms with Crippen LogP contribution in [0.2, 0.25) is 0 Å². The van der Waals surface area contributed by atoms with Crippen LogP contribution in [0.15, 0.2) is 48.9 Å². The van der Waals surface area contributed by atoms with Crippen LogP contribution >= 0.6 is 0 Å². The Hall–Kier alpha value is -2.95. The van der Waals surface area contributed by atoms with Gasteiger partial charge in [-0.25, -0.2) is 4.98 Å². The minimum absolute atomic E-state index is 0.340. The van der Waals surface area contributed by atoms with Gasteiger partial charge in [0.1, 0.15) is 0 Å². The van der Waals surface area contributed by atoms with Gasteiger partial charge in [0, 0.05) is 34.9 Å². The molecule has 0 aliphatic heterocycles. The minimum atomic E-state index is 0.340. The molecule has 0 amide bonds. The summed E-state index contributed by atoms with van der Waals surface area (Å²) < 4.78 is 1.96. The minimum Gasteiger partial charge on any atom is -0.278 e. The van der Waals surface area contributed by atoms with Gasteiger partial charge in [0.05, 0.1) is 23.1 Å². The Morgan fingerprint density at radius 2 is 1.96 bits per heavy atom. The lowest BCUT2D eigenvalue weighted by Crippen LogP contribution is -1.99. The Bertz CT molecular complexity index is 996. The topological polar surface area (TPSA) is 59.4 Å². The molecular formula is C19H19N5. The third kappa shape index (κ3) is 2.48. The highest BCUT2D eigenvalue weighted by Crippen LogP contribution is 2.28. The molecule has 4 rings (SSSR count). The molecule has 120 valence electrons. The predicted molar refractivity (Wildman–Crippen MR) is 95.7 cm³/mol. The average molecular weight is 317 g/mol. The Kier molecular flexibility index (Phi) is 3.41. The van der Waals surface area contributed by atoms with Crippen molar-refractivity contribution in [3.05, 3.63) is 54.5 Å². The number of aromatic nitrogens is 5. The van der Waals surface area contributed by atoms with Gasteiger partial charge in [0.25, 0.3) is 0 Å². The molecule has 0 saturated heterocycles. The quantitative estimate of drug-likeness (QED) is 0.610. The van der Waals surface area contributed by atoms with Gasteiger partial charge in [-0.05, 0) is 44.5 Å². The van der Waals surface area contributed by atoms with Crippen molar-refractivity contribution < 1.29 is 0 Å². The summed E-state index contributed by atoms with van der Waals surface area (Å²) in [6.45, 7) is 6.36. The van der Waals surface area contributed by atoms with E-state index >= 15 is 0 Å². The molecule has 0 radical (unpaired) electrons. The van der Waals surface area contributed by atoms with E-state index in [0.29, 0.717) is 6.04 Å². The average Bonchev–Trinajstić information content (AvgIpc) is 3.26. The Morgan fingerprint density at radius 1 is 1.08 bits per heavy atom. The van der Waals surface area contributed by atoms with E-state index in [-0.39, 0.29) is 0 Å². The second-order valence-electron chi connectivity index (χ2n) is 6.33. The van der Waals surface area contributed by atoms with Gasteiger partial charge in [-0.2, -0.15) is 10.2 Å². The van der Waals surface area contributed by atoms with Gasteiger partial charge < -0.3 is 0 Å². The highest BCUT2D eigenvalue weighted by molar-refractivity contribution is 5.88. The van der Waals surface area contributed by atoms with Crippen LogP contribution < -0.4 is 0 Å². The molecule has 0 unspecified atom stereocenters. The molecule has 0 fully saturated rings. The number of aromatic amines is 1. The van der Waals surface area contributed by atoms with Gasteiger partial charge in [0.15, 0.2) is 0 Å². The number of aryl methyl sites for hydroxylation is 1. The molecule has 5 nitrogen and oxygen atoms in total. The third-order valence-electron chi connectivity index (χ3n) is 4.25. The van der Waals surface area contributed by atoms with Crippen LogP contribution in [0, 0.1) is 6.92 Å². The number of H-pyrrole nitrogens is 1. The molecular weight excluding hydrogens is 298 g/mol. The van der Waals surface area contributed by atoms with E-state index in [1.165, 1.54) is 10.9 Å². The summed E-state index contributed by atoms with van der Waals surface area (Å²) >= 11 is 0. The molecule has 24 heavy (non-hydrogen) atoms. The first-order valence-electron chi connectivity index (χ1n) is 8.07. The summed E-state index contributed by atoms with van der Waals surface area (Å²) in [7, 11) is 0. The predicted octanol–water partition coefficient (Wildman–Crippen LogP) is 4.38. The van der Waals surface area contributed by atoms with E-state index in [4.69, 9.17) is 4.98 Å². The van der Waals surface area contributed by atoms with Crippen molar-refractivity contribution in [2.75, 3.05) is 0 Å². The van der Waals surface area contributed by atoms with E-state index in [9.17, 15) is 0 Å². The van der Waals surface area contributed by atoms with Crippen LogP contribution in [0.1, 0.15) is 25.5 Å². The van der Waals surface area contributed by atoms with E-state index < -0.39 is 0 Å². The van der Waals surface area contributed by atoms with Crippen LogP contribution in [-0.2, 0) is 0 Å². The number of pyridine rings is 1. The van der Waals surface area contributed by atoms with Crippen molar-refractivity contribution in [2.24, 2.45) is 0 Å². The van der Waals surface area contributed by atoms with Crippen LogP contribution in [0.3, 0.4) is 0 Å². The van der Waals surface area contributed by atoms with E-state index in [1.54, 1.807) is 6.20 Å². The van der Waals surface area contributed by atoms with E-state index in [2.05, 4.69) is 66.5 Å². The lowest BCUT2D eigenvalue weighted by Gasteiger charge is -2.07. The molecule has 5 heteroatoms. The zero-order chi connectivity index (χ0) is 16.7. The fourth-order valence-electron chi connectivity index (χ4n) is 2.89. The van der Waals surface area contributed by atoms with Gasteiger partial charge in [-0.15, -0.1) is 0 Å². The SMILES string of the molecule is Cc1cc(-c2cnn(C(C)C)c2)nc2cc(-c3ccn[nH]3)ccc12. The zero-order valence-corrected chi connectivity index (χ0v) is 14.0. The number of fused-ring (bicyclic) bond motifs is 1. The number of nitrogens with one attached hydrogen (secondary N) is 1. The van der Waals surface area contributed by atoms with E-state index in [1.807, 2.05) is 16.9 Å². The molecule has 1 aromatic carbocycles. The van der Waals surface area contributed by atoms with Crippen LogP contribution in [0.25, 0.3) is 33.4 Å². The number of nitrogens with zero attached hydrogens (tertiary/aromatic N) is 4. The summed E-state index contributed by atoms with van der Waals surface area (Å²) in [6, 6.07) is 10.7. The third-order valence-corrected chi connectivity index (χ3v) is 4.25. The highest BCUT2D eigenvalue weighted by atomic mass is 15.3. The summed E-state index contributed by atoms with van der Waals surface area (Å²) in [5, 5.41) is 12.6. The second-order valence-corrected chi connectivity index (χ2v) is 6.33. The summed E-state index contributed by atoms with van der Waals surface area (Å²) in [4.78, 5) is 4.86. The normalized spacial score (nSPS) is 11.5. The molecule has 0 aliphatic rings. The highest BCUT2D eigenvalue weighted by Gasteiger charge is 2.10. The van der Waals surface area contributed by atoms with Crippen molar-refractivity contribution in [3.8, 4) is 22.5 Å². The molecule has 0 bridgehead atoms. The molecule has 3 heterocycles. The maximum atomic E-state index is 4.86. The Labute approximate surface area is 140 Å². The molecule has 0 saturated carbocycles. The molecule has 1 N–H and O–H groups in total. The Balaban J connectivity index is 1.85. The van der Waals surface area contributed by atoms with Crippen molar-refractivity contribution in [2.45, 2.75) is 26.8 Å². The monoisotopic (exact) mass is 317 g/mol. The first-order valence-corrected chi connectivity index (χ1v) is 8.07. The number of benzene rings is 1. The molecule has 0 aliphatic carbocycles. The lowest BCUT2D eigenvalue weighted by atomic mass is 10.0. The van der Waals surface area contributed by atoms with Crippen LogP contribution in [0.4, 0.5) is 0 Å². The van der Waals surface area contributed by atoms with E-state index in [0.717, 1.165) is 28.0 Å². The number of hydrogen-bond donors (Lipinski definition) is 1. The van der Waals surface area contributed by atoms with Gasteiger partial charge in [0.2, 0.25) is 0 Å². The standard InChI is InChI=1S/C19H19N5/c1-12(2)24-11-15(10-21-24)18-8-13(3)16-5-4-14(9-19(16)22-18)17-6-7-20-23-17/h4-12H,1-3H3,(H,20,23). The Morgan fingerprint density at radius 3 is 2.67 bits per heavy atom. The van der Waals surface area contributed by atoms with Crippen molar-refractivity contribution in [3.63, 3.8) is 0 Å². The molecule has 0 atom stereocenters.